The zero-order valence-corrected chi connectivity index (χ0v) is 23.6. The van der Waals surface area contributed by atoms with Crippen LogP contribution in [0.5, 0.6) is 0 Å². The number of likely N-dealkylation sites (tertiary alicyclic amines) is 1. The number of hydrogen-bond acceptors (Lipinski definition) is 5. The third-order valence-electron chi connectivity index (χ3n) is 8.02. The van der Waals surface area contributed by atoms with Gasteiger partial charge in [0.15, 0.2) is 0 Å². The van der Waals surface area contributed by atoms with Crippen molar-refractivity contribution < 1.29 is 19.5 Å². The molecule has 3 saturated heterocycles. The molecule has 3 fully saturated rings. The molecule has 2 bridgehead atoms. The van der Waals surface area contributed by atoms with Gasteiger partial charge in [0.2, 0.25) is 17.7 Å². The fraction of sp³-hybridized carbons (Fsp3) is 0.483. The molecule has 7 nitrogen and oxygen atoms in total. The Morgan fingerprint density at radius 1 is 0.947 bits per heavy atom. The summed E-state index contributed by atoms with van der Waals surface area (Å²) in [7, 11) is 0. The SMILES string of the molecule is O=C(NCc1ccccc1)C1N(CCCCCO)C(=O)[C@@H]2[C@H](C(=O)NCc3ccccc3)[C@H]3SC12CC3Br. The van der Waals surface area contributed by atoms with E-state index < -0.39 is 22.6 Å². The molecule has 1 spiro atoms. The summed E-state index contributed by atoms with van der Waals surface area (Å²) in [5.74, 6) is -1.41. The van der Waals surface area contributed by atoms with Crippen LogP contribution in [-0.4, -0.2) is 61.7 Å². The third-order valence-corrected chi connectivity index (χ3v) is 11.2. The summed E-state index contributed by atoms with van der Waals surface area (Å²) in [6.07, 6.45) is 2.80. The van der Waals surface area contributed by atoms with Crippen LogP contribution in [-0.2, 0) is 27.5 Å². The van der Waals surface area contributed by atoms with Crippen molar-refractivity contribution >= 4 is 45.4 Å². The van der Waals surface area contributed by atoms with Crippen LogP contribution < -0.4 is 10.6 Å². The summed E-state index contributed by atoms with van der Waals surface area (Å²) < 4.78 is -0.650. The van der Waals surface area contributed by atoms with Gasteiger partial charge in [-0.05, 0) is 36.8 Å². The lowest BCUT2D eigenvalue weighted by molar-refractivity contribution is -0.140. The van der Waals surface area contributed by atoms with Gasteiger partial charge in [-0.25, -0.2) is 0 Å². The number of nitrogens with one attached hydrogen (secondary N) is 2. The highest BCUT2D eigenvalue weighted by molar-refractivity contribution is 9.09. The first kappa shape index (κ1) is 27.2. The van der Waals surface area contributed by atoms with Gasteiger partial charge in [0.05, 0.1) is 16.6 Å². The molecule has 2 aromatic rings. The number of carbonyl (C=O) groups is 3. The highest BCUT2D eigenvalue weighted by Gasteiger charge is 2.75. The summed E-state index contributed by atoms with van der Waals surface area (Å²) >= 11 is 5.46. The van der Waals surface area contributed by atoms with Crippen LogP contribution in [0.25, 0.3) is 0 Å². The molecule has 3 N–H and O–H groups in total. The van der Waals surface area contributed by atoms with Crippen LogP contribution in [0.2, 0.25) is 0 Å². The number of halogens is 1. The standard InChI is InChI=1S/C29H34BrN3O4S/c30-21-16-29-23(22(24(21)38-29)26(35)31-17-19-10-4-1-5-11-19)28(37)33(14-8-3-9-15-34)25(29)27(36)32-18-20-12-6-2-7-13-20/h1-2,4-7,10-13,21-25,34H,3,8-9,14-18H2,(H,31,35)(H,32,36)/t21?,22-,23-,24-,25?,29?/m0/s1. The molecule has 3 amide bonds. The average Bonchev–Trinajstić information content (AvgIpc) is 3.53. The smallest absolute Gasteiger partial charge is 0.244 e. The molecule has 3 aliphatic rings. The number of amides is 3. The lowest BCUT2D eigenvalue weighted by Crippen LogP contribution is -2.54. The Bertz CT molecular complexity index is 1150. The van der Waals surface area contributed by atoms with Crippen molar-refractivity contribution in [3.63, 3.8) is 0 Å². The average molecular weight is 601 g/mol. The van der Waals surface area contributed by atoms with Gasteiger partial charge in [0, 0.05) is 36.3 Å². The fourth-order valence-corrected chi connectivity index (χ4v) is 9.94. The maximum absolute atomic E-state index is 14.0. The van der Waals surface area contributed by atoms with E-state index in [-0.39, 0.29) is 34.4 Å². The zero-order chi connectivity index (χ0) is 26.7. The summed E-state index contributed by atoms with van der Waals surface area (Å²) in [5.41, 5.74) is 2.00. The number of benzene rings is 2. The Labute approximate surface area is 236 Å². The lowest BCUT2D eigenvalue weighted by Gasteiger charge is -2.35. The van der Waals surface area contributed by atoms with Gasteiger partial charge in [0.25, 0.3) is 0 Å². The van der Waals surface area contributed by atoms with Gasteiger partial charge in [-0.2, -0.15) is 0 Å². The van der Waals surface area contributed by atoms with Crippen molar-refractivity contribution in [1.82, 2.24) is 15.5 Å². The maximum atomic E-state index is 14.0. The third kappa shape index (κ3) is 5.12. The number of fused-ring (bicyclic) bond motifs is 1. The molecule has 2 aromatic carbocycles. The van der Waals surface area contributed by atoms with Crippen molar-refractivity contribution in [2.45, 2.75) is 59.6 Å². The number of thioether (sulfide) groups is 1. The Hall–Kier alpha value is -2.36. The molecular formula is C29H34BrN3O4S. The van der Waals surface area contributed by atoms with E-state index in [2.05, 4.69) is 26.6 Å². The summed E-state index contributed by atoms with van der Waals surface area (Å²) in [6, 6.07) is 18.8. The van der Waals surface area contributed by atoms with Crippen molar-refractivity contribution in [3.05, 3.63) is 71.8 Å². The molecule has 202 valence electrons. The minimum Gasteiger partial charge on any atom is -0.396 e. The summed E-state index contributed by atoms with van der Waals surface area (Å²) in [4.78, 5) is 43.2. The molecule has 0 aliphatic carbocycles. The minimum absolute atomic E-state index is 0.0442. The van der Waals surface area contributed by atoms with E-state index in [1.165, 1.54) is 0 Å². The monoisotopic (exact) mass is 599 g/mol. The molecule has 3 heterocycles. The first-order valence-electron chi connectivity index (χ1n) is 13.3. The van der Waals surface area contributed by atoms with Crippen LogP contribution in [0.1, 0.15) is 36.8 Å². The van der Waals surface area contributed by atoms with E-state index in [4.69, 9.17) is 0 Å². The first-order valence-corrected chi connectivity index (χ1v) is 15.1. The van der Waals surface area contributed by atoms with E-state index in [1.54, 1.807) is 16.7 Å². The summed E-state index contributed by atoms with van der Waals surface area (Å²) in [6.45, 7) is 1.33. The Morgan fingerprint density at radius 3 is 2.16 bits per heavy atom. The second kappa shape index (κ2) is 11.8. The molecule has 0 aromatic heterocycles. The first-order chi connectivity index (χ1) is 18.5. The van der Waals surface area contributed by atoms with Crippen LogP contribution in [0, 0.1) is 11.8 Å². The van der Waals surface area contributed by atoms with Gasteiger partial charge in [0.1, 0.15) is 6.04 Å². The van der Waals surface area contributed by atoms with Crippen molar-refractivity contribution in [2.75, 3.05) is 13.2 Å². The predicted octanol–water partition coefficient (Wildman–Crippen LogP) is 3.25. The van der Waals surface area contributed by atoms with Crippen molar-refractivity contribution in [2.24, 2.45) is 11.8 Å². The molecule has 0 saturated carbocycles. The van der Waals surface area contributed by atoms with Crippen molar-refractivity contribution in [3.8, 4) is 0 Å². The van der Waals surface area contributed by atoms with Gasteiger partial charge >= 0.3 is 0 Å². The number of rotatable bonds is 11. The van der Waals surface area contributed by atoms with Crippen LogP contribution in [0.15, 0.2) is 60.7 Å². The Balaban J connectivity index is 1.39. The number of aliphatic hydroxyl groups is 1. The molecule has 3 aliphatic heterocycles. The molecule has 0 radical (unpaired) electrons. The topological polar surface area (TPSA) is 98.7 Å². The van der Waals surface area contributed by atoms with Gasteiger partial charge in [-0.15, -0.1) is 11.8 Å². The number of carbonyl (C=O) groups excluding carboxylic acids is 3. The molecule has 38 heavy (non-hydrogen) atoms. The zero-order valence-electron chi connectivity index (χ0n) is 21.2. The molecule has 6 atom stereocenters. The summed E-state index contributed by atoms with van der Waals surface area (Å²) in [5, 5.41) is 15.3. The van der Waals surface area contributed by atoms with E-state index >= 15 is 0 Å². The lowest BCUT2D eigenvalue weighted by atomic mass is 9.70. The second-order valence-corrected chi connectivity index (χ2v) is 13.1. The van der Waals surface area contributed by atoms with Gasteiger partial charge in [-0.1, -0.05) is 76.6 Å². The molecule has 9 heteroatoms. The normalized spacial score (nSPS) is 29.4. The predicted molar refractivity (Wildman–Crippen MR) is 151 cm³/mol. The minimum atomic E-state index is -0.650. The maximum Gasteiger partial charge on any atom is 0.244 e. The number of alkyl halides is 1. The highest BCUT2D eigenvalue weighted by Crippen LogP contribution is 2.67. The van der Waals surface area contributed by atoms with Gasteiger partial charge < -0.3 is 20.6 Å². The number of aliphatic hydroxyl groups excluding tert-OH is 1. The van der Waals surface area contributed by atoms with Gasteiger partial charge in [-0.3, -0.25) is 14.4 Å². The molecule has 3 unspecified atom stereocenters. The van der Waals surface area contributed by atoms with E-state index in [9.17, 15) is 19.5 Å². The molecule has 5 rings (SSSR count). The Morgan fingerprint density at radius 2 is 1.55 bits per heavy atom. The Kier molecular flexibility index (Phi) is 8.45. The van der Waals surface area contributed by atoms with Crippen molar-refractivity contribution in [1.29, 1.82) is 0 Å². The van der Waals surface area contributed by atoms with Crippen LogP contribution in [0.4, 0.5) is 0 Å². The number of unbranched alkanes of at least 4 members (excludes halogenated alkanes) is 2. The largest absolute Gasteiger partial charge is 0.396 e. The van der Waals surface area contributed by atoms with Crippen LogP contribution >= 0.6 is 27.7 Å². The molecular weight excluding hydrogens is 566 g/mol. The second-order valence-electron chi connectivity index (χ2n) is 10.4. The van der Waals surface area contributed by atoms with E-state index in [0.29, 0.717) is 38.9 Å². The fourth-order valence-electron chi connectivity index (χ4n) is 6.33. The van der Waals surface area contributed by atoms with E-state index in [1.807, 2.05) is 60.7 Å². The number of hydrogen-bond donors (Lipinski definition) is 3. The highest BCUT2D eigenvalue weighted by atomic mass is 79.9. The quantitative estimate of drug-likeness (QED) is 0.272. The van der Waals surface area contributed by atoms with E-state index in [0.717, 1.165) is 17.5 Å². The van der Waals surface area contributed by atoms with Crippen LogP contribution in [0.3, 0.4) is 0 Å². The number of nitrogens with zero attached hydrogens (tertiary/aromatic N) is 1.